The number of nitrogens with zero attached hydrogens (tertiary/aromatic N) is 2. The van der Waals surface area contributed by atoms with E-state index in [2.05, 4.69) is 10.2 Å². The van der Waals surface area contributed by atoms with Crippen LogP contribution in [0.1, 0.15) is 43.2 Å². The van der Waals surface area contributed by atoms with Gasteiger partial charge in [0.25, 0.3) is 0 Å². The quantitative estimate of drug-likeness (QED) is 0.480. The summed E-state index contributed by atoms with van der Waals surface area (Å²) in [7, 11) is 3.76. The number of rotatable bonds is 6. The number of aliphatic hydroxyl groups is 2. The van der Waals surface area contributed by atoms with Crippen LogP contribution in [-0.2, 0) is 16.6 Å². The highest BCUT2D eigenvalue weighted by Gasteiger charge is 2.79. The molecule has 1 aliphatic heterocycles. The molecular formula is C25H35N3O4. The molecule has 174 valence electrons. The van der Waals surface area contributed by atoms with Gasteiger partial charge in [0, 0.05) is 49.3 Å². The molecule has 1 heterocycles. The van der Waals surface area contributed by atoms with E-state index in [0.29, 0.717) is 13.0 Å². The molecule has 2 spiro atoms. The van der Waals surface area contributed by atoms with Crippen LogP contribution >= 0.6 is 0 Å². The van der Waals surface area contributed by atoms with Crippen LogP contribution in [-0.4, -0.2) is 88.5 Å². The molecule has 32 heavy (non-hydrogen) atoms. The number of hydrogen-bond donors (Lipinski definition) is 4. The van der Waals surface area contributed by atoms with E-state index < -0.39 is 23.3 Å². The van der Waals surface area contributed by atoms with Crippen LogP contribution in [0.3, 0.4) is 0 Å². The molecule has 5 aliphatic rings. The fraction of sp³-hybridized carbons (Fsp3) is 0.720. The van der Waals surface area contributed by atoms with Crippen LogP contribution in [0.15, 0.2) is 18.2 Å². The minimum atomic E-state index is -1.07. The first-order valence-corrected chi connectivity index (χ1v) is 12.1. The van der Waals surface area contributed by atoms with Crippen molar-refractivity contribution >= 4 is 5.78 Å². The number of hydrogen-bond acceptors (Lipinski definition) is 7. The number of carbonyl (C=O) groups is 1. The molecule has 7 heteroatoms. The van der Waals surface area contributed by atoms with E-state index in [-0.39, 0.29) is 29.4 Å². The van der Waals surface area contributed by atoms with Crippen LogP contribution in [0.5, 0.6) is 5.75 Å². The summed E-state index contributed by atoms with van der Waals surface area (Å²) in [6.07, 6.45) is 3.97. The van der Waals surface area contributed by atoms with Crippen LogP contribution < -0.4 is 5.32 Å². The number of carbonyl (C=O) groups excluding carboxylic acids is 1. The van der Waals surface area contributed by atoms with Crippen molar-refractivity contribution < 1.29 is 20.1 Å². The second-order valence-electron chi connectivity index (χ2n) is 11.7. The second kappa shape index (κ2) is 6.76. The number of Topliss-reactive ketones (excluding diaryl/α,β-unsaturated/α-hetero) is 1. The van der Waals surface area contributed by atoms with Crippen LogP contribution in [0, 0.1) is 11.3 Å². The lowest BCUT2D eigenvalue weighted by atomic mass is 9.57. The maximum Gasteiger partial charge on any atom is 0.150 e. The molecule has 7 nitrogen and oxygen atoms in total. The molecule has 1 saturated heterocycles. The molecule has 2 bridgehead atoms. The van der Waals surface area contributed by atoms with E-state index in [1.54, 1.807) is 12.1 Å². The number of phenols is 1. The predicted molar refractivity (Wildman–Crippen MR) is 119 cm³/mol. The normalized spacial score (nSPS) is 41.1. The van der Waals surface area contributed by atoms with Crippen molar-refractivity contribution in [2.24, 2.45) is 11.3 Å². The first kappa shape index (κ1) is 21.1. The number of aliphatic hydroxyl groups excluding tert-OH is 1. The third-order valence-corrected chi connectivity index (χ3v) is 9.05. The Kier molecular flexibility index (Phi) is 4.45. The fourth-order valence-electron chi connectivity index (χ4n) is 7.97. The van der Waals surface area contributed by atoms with Crippen LogP contribution in [0.2, 0.25) is 0 Å². The third kappa shape index (κ3) is 2.81. The summed E-state index contributed by atoms with van der Waals surface area (Å²) in [5.74, 6) is 0.980. The number of benzene rings is 1. The summed E-state index contributed by atoms with van der Waals surface area (Å²) in [6, 6.07) is 4.98. The molecule has 0 amide bonds. The minimum Gasteiger partial charge on any atom is -0.508 e. The van der Waals surface area contributed by atoms with E-state index in [1.807, 2.05) is 25.1 Å². The Bertz CT molecular complexity index is 965. The predicted octanol–water partition coefficient (Wildman–Crippen LogP) is 0.603. The fourth-order valence-corrected chi connectivity index (χ4v) is 7.97. The average molecular weight is 442 g/mol. The number of likely N-dealkylation sites (tertiary alicyclic amines) is 1. The molecule has 4 fully saturated rings. The Balaban J connectivity index is 1.40. The van der Waals surface area contributed by atoms with Gasteiger partial charge >= 0.3 is 0 Å². The van der Waals surface area contributed by atoms with Crippen molar-refractivity contribution in [3.63, 3.8) is 0 Å². The molecule has 4 aliphatic carbocycles. The summed E-state index contributed by atoms with van der Waals surface area (Å²) in [6.45, 7) is 2.42. The third-order valence-electron chi connectivity index (χ3n) is 9.05. The standard InChI is InChI=1S/C25H35N3O4/c1-27(2)12-21(31)26-19-9-25(32)22-23(14-28(22)11-15-3-4-15)8-16-5-6-17(29)7-18(16)24(25,13-23)10-20(19)30/h5-7,15,19,21-22,26,29,31-32H,3-4,8-14H2,1-2H3/t19-,21?,22+,23-,24-,25+/m0/s1. The summed E-state index contributed by atoms with van der Waals surface area (Å²) < 4.78 is 0. The van der Waals surface area contributed by atoms with Crippen molar-refractivity contribution in [1.29, 1.82) is 0 Å². The number of likely N-dealkylation sites (N-methyl/N-ethyl adjacent to an activating group) is 1. The molecule has 3 saturated carbocycles. The number of nitrogens with one attached hydrogen (secondary N) is 1. The highest BCUT2D eigenvalue weighted by molar-refractivity contribution is 5.88. The van der Waals surface area contributed by atoms with Crippen molar-refractivity contribution in [2.75, 3.05) is 33.7 Å². The Labute approximate surface area is 189 Å². The molecule has 1 unspecified atom stereocenters. The van der Waals surface area contributed by atoms with Crippen LogP contribution in [0.25, 0.3) is 0 Å². The summed E-state index contributed by atoms with van der Waals surface area (Å²) in [5, 5.41) is 36.5. The highest BCUT2D eigenvalue weighted by Crippen LogP contribution is 2.71. The average Bonchev–Trinajstić information content (AvgIpc) is 3.47. The summed E-state index contributed by atoms with van der Waals surface area (Å²) in [5.41, 5.74) is 0.400. The molecule has 1 aromatic carbocycles. The first-order chi connectivity index (χ1) is 15.2. The smallest absolute Gasteiger partial charge is 0.150 e. The molecule has 0 aromatic heterocycles. The molecule has 4 N–H and O–H groups in total. The summed E-state index contributed by atoms with van der Waals surface area (Å²) >= 11 is 0. The van der Waals surface area contributed by atoms with Gasteiger partial charge < -0.3 is 20.2 Å². The largest absolute Gasteiger partial charge is 0.508 e. The van der Waals surface area contributed by atoms with Gasteiger partial charge in [-0.1, -0.05) is 6.07 Å². The minimum absolute atomic E-state index is 0.00889. The van der Waals surface area contributed by atoms with Gasteiger partial charge in [-0.15, -0.1) is 0 Å². The monoisotopic (exact) mass is 441 g/mol. The van der Waals surface area contributed by atoms with Gasteiger partial charge in [0.1, 0.15) is 12.0 Å². The molecular weight excluding hydrogens is 406 g/mol. The maximum absolute atomic E-state index is 13.4. The molecule has 0 radical (unpaired) electrons. The lowest BCUT2D eigenvalue weighted by Crippen LogP contribution is -2.73. The van der Waals surface area contributed by atoms with E-state index in [1.165, 1.54) is 18.4 Å². The van der Waals surface area contributed by atoms with Crippen molar-refractivity contribution in [1.82, 2.24) is 15.1 Å². The lowest BCUT2D eigenvalue weighted by Gasteiger charge is -2.59. The van der Waals surface area contributed by atoms with Gasteiger partial charge in [0.2, 0.25) is 0 Å². The zero-order chi connectivity index (χ0) is 22.5. The highest BCUT2D eigenvalue weighted by atomic mass is 16.3. The second-order valence-corrected chi connectivity index (χ2v) is 11.7. The van der Waals surface area contributed by atoms with E-state index in [9.17, 15) is 20.1 Å². The van der Waals surface area contributed by atoms with E-state index in [0.717, 1.165) is 37.4 Å². The Morgan fingerprint density at radius 3 is 2.78 bits per heavy atom. The molecule has 1 aromatic rings. The Hall–Kier alpha value is -1.51. The van der Waals surface area contributed by atoms with Gasteiger partial charge in [-0.2, -0.15) is 0 Å². The number of aromatic hydroxyl groups is 1. The van der Waals surface area contributed by atoms with E-state index >= 15 is 0 Å². The van der Waals surface area contributed by atoms with Gasteiger partial charge in [-0.05, 0) is 69.0 Å². The van der Waals surface area contributed by atoms with Gasteiger partial charge in [0.05, 0.1) is 11.6 Å². The topological polar surface area (TPSA) is 96.3 Å². The van der Waals surface area contributed by atoms with Crippen molar-refractivity contribution in [3.8, 4) is 5.75 Å². The summed E-state index contributed by atoms with van der Waals surface area (Å²) in [4.78, 5) is 17.8. The number of ketones is 1. The zero-order valence-electron chi connectivity index (χ0n) is 19.0. The van der Waals surface area contributed by atoms with E-state index in [4.69, 9.17) is 0 Å². The first-order valence-electron chi connectivity index (χ1n) is 12.1. The Morgan fingerprint density at radius 2 is 2.06 bits per heavy atom. The van der Waals surface area contributed by atoms with Gasteiger partial charge in [0.15, 0.2) is 5.78 Å². The SMILES string of the molecule is CN(C)CC(O)N[C@H]1C[C@@]2(O)[C@@H]3N(CC4CC4)C[C@@]34Cc3ccc(O)cc3[C@]2(CC1=O)C4. The Morgan fingerprint density at radius 1 is 1.28 bits per heavy atom. The maximum atomic E-state index is 13.4. The lowest BCUT2D eigenvalue weighted by molar-refractivity contribution is -0.167. The van der Waals surface area contributed by atoms with Gasteiger partial charge in [-0.25, -0.2) is 0 Å². The van der Waals surface area contributed by atoms with Gasteiger partial charge in [-0.3, -0.25) is 15.0 Å². The van der Waals surface area contributed by atoms with Crippen molar-refractivity contribution in [2.45, 2.75) is 67.9 Å². The molecule has 6 rings (SSSR count). The number of phenolic OH excluding ortho intramolecular Hbond substituents is 1. The molecule has 6 atom stereocenters. The zero-order valence-corrected chi connectivity index (χ0v) is 19.0. The van der Waals surface area contributed by atoms with Crippen molar-refractivity contribution in [3.05, 3.63) is 29.3 Å². The number of fused-ring (bicyclic) bond motifs is 2. The van der Waals surface area contributed by atoms with Crippen LogP contribution in [0.4, 0.5) is 0 Å².